The number of hydrogen-bond donors (Lipinski definition) is 1. The summed E-state index contributed by atoms with van der Waals surface area (Å²) in [5.74, 6) is 0.559. The lowest BCUT2D eigenvalue weighted by Gasteiger charge is -2.29. The number of rotatable bonds is 3. The molecular formula is C13H17N3O2. The van der Waals surface area contributed by atoms with Crippen molar-refractivity contribution in [2.24, 2.45) is 0 Å². The SMILES string of the molecule is CN1CCOC(COc2ccc(N)cc2C#N)C1. The van der Waals surface area contributed by atoms with Gasteiger partial charge in [0.25, 0.3) is 0 Å². The second-order valence-electron chi connectivity index (χ2n) is 4.43. The normalized spacial score (nSPS) is 20.3. The Morgan fingerprint density at radius 1 is 1.61 bits per heavy atom. The average Bonchev–Trinajstić information content (AvgIpc) is 2.37. The summed E-state index contributed by atoms with van der Waals surface area (Å²) in [7, 11) is 2.06. The summed E-state index contributed by atoms with van der Waals surface area (Å²) >= 11 is 0. The van der Waals surface area contributed by atoms with Gasteiger partial charge in [0.05, 0.1) is 12.2 Å². The van der Waals surface area contributed by atoms with Crippen molar-refractivity contribution in [3.05, 3.63) is 23.8 Å². The number of nitrogen functional groups attached to an aromatic ring is 1. The van der Waals surface area contributed by atoms with Crippen molar-refractivity contribution >= 4 is 5.69 Å². The second kappa shape index (κ2) is 5.71. The molecule has 0 aromatic heterocycles. The molecule has 1 atom stereocenters. The Labute approximate surface area is 107 Å². The molecule has 0 saturated carbocycles. The maximum absolute atomic E-state index is 9.00. The van der Waals surface area contributed by atoms with Crippen LogP contribution in [0.15, 0.2) is 18.2 Å². The van der Waals surface area contributed by atoms with Gasteiger partial charge in [-0.1, -0.05) is 0 Å². The number of nitrogens with zero attached hydrogens (tertiary/aromatic N) is 2. The zero-order chi connectivity index (χ0) is 13.0. The first-order valence-corrected chi connectivity index (χ1v) is 5.91. The van der Waals surface area contributed by atoms with Crippen LogP contribution in [0, 0.1) is 11.3 Å². The molecule has 96 valence electrons. The molecule has 0 aliphatic carbocycles. The second-order valence-corrected chi connectivity index (χ2v) is 4.43. The van der Waals surface area contributed by atoms with E-state index in [4.69, 9.17) is 20.5 Å². The minimum atomic E-state index is 0.0489. The topological polar surface area (TPSA) is 71.5 Å². The predicted molar refractivity (Wildman–Crippen MR) is 68.3 cm³/mol. The van der Waals surface area contributed by atoms with Gasteiger partial charge in [0, 0.05) is 18.8 Å². The van der Waals surface area contributed by atoms with Gasteiger partial charge in [-0.3, -0.25) is 0 Å². The third-order valence-corrected chi connectivity index (χ3v) is 2.89. The molecule has 1 aromatic carbocycles. The van der Waals surface area contributed by atoms with Gasteiger partial charge in [0.2, 0.25) is 0 Å². The van der Waals surface area contributed by atoms with Crippen LogP contribution in [0.3, 0.4) is 0 Å². The third kappa shape index (κ3) is 3.13. The molecule has 2 N–H and O–H groups in total. The molecule has 0 amide bonds. The molecule has 1 saturated heterocycles. The van der Waals surface area contributed by atoms with E-state index in [-0.39, 0.29) is 6.10 Å². The van der Waals surface area contributed by atoms with Crippen molar-refractivity contribution in [2.45, 2.75) is 6.10 Å². The molecule has 1 aliphatic rings. The first-order valence-electron chi connectivity index (χ1n) is 5.91. The molecule has 0 radical (unpaired) electrons. The Bertz CT molecular complexity index is 456. The number of morpholine rings is 1. The minimum Gasteiger partial charge on any atom is -0.489 e. The molecule has 18 heavy (non-hydrogen) atoms. The molecule has 0 bridgehead atoms. The van der Waals surface area contributed by atoms with Crippen LogP contribution >= 0.6 is 0 Å². The molecule has 5 nitrogen and oxygen atoms in total. The highest BCUT2D eigenvalue weighted by atomic mass is 16.5. The van der Waals surface area contributed by atoms with Crippen molar-refractivity contribution in [3.8, 4) is 11.8 Å². The van der Waals surface area contributed by atoms with Crippen LogP contribution in [0.5, 0.6) is 5.75 Å². The van der Waals surface area contributed by atoms with Crippen LogP contribution in [-0.2, 0) is 4.74 Å². The molecule has 1 aliphatic heterocycles. The standard InChI is InChI=1S/C13H17N3O2/c1-16-4-5-17-12(8-16)9-18-13-3-2-11(15)6-10(13)7-14/h2-3,6,12H,4-5,8-9,15H2,1H3. The molecule has 0 spiro atoms. The van der Waals surface area contributed by atoms with Gasteiger partial charge >= 0.3 is 0 Å². The van der Waals surface area contributed by atoms with Crippen LogP contribution in [0.1, 0.15) is 5.56 Å². The lowest BCUT2D eigenvalue weighted by atomic mass is 10.2. The first kappa shape index (κ1) is 12.7. The molecule has 1 fully saturated rings. The Morgan fingerprint density at radius 3 is 3.17 bits per heavy atom. The summed E-state index contributed by atoms with van der Waals surface area (Å²) in [6.45, 7) is 2.96. The van der Waals surface area contributed by atoms with E-state index in [1.807, 2.05) is 0 Å². The fourth-order valence-electron chi connectivity index (χ4n) is 1.91. The Balaban J connectivity index is 1.96. The van der Waals surface area contributed by atoms with E-state index < -0.39 is 0 Å². The van der Waals surface area contributed by atoms with E-state index in [1.165, 1.54) is 0 Å². The Kier molecular flexibility index (Phi) is 4.03. The van der Waals surface area contributed by atoms with Crippen LogP contribution in [0.25, 0.3) is 0 Å². The molecule has 5 heteroatoms. The maximum atomic E-state index is 9.00. The van der Waals surface area contributed by atoms with Crippen molar-refractivity contribution < 1.29 is 9.47 Å². The average molecular weight is 247 g/mol. The molecule has 1 aromatic rings. The summed E-state index contributed by atoms with van der Waals surface area (Å²) in [5.41, 5.74) is 6.64. The number of nitriles is 1. The maximum Gasteiger partial charge on any atom is 0.137 e. The molecule has 2 rings (SSSR count). The van der Waals surface area contributed by atoms with Crippen molar-refractivity contribution in [1.82, 2.24) is 4.90 Å². The fourth-order valence-corrected chi connectivity index (χ4v) is 1.91. The summed E-state index contributed by atoms with van der Waals surface area (Å²) in [4.78, 5) is 2.20. The monoisotopic (exact) mass is 247 g/mol. The van der Waals surface area contributed by atoms with Crippen LogP contribution in [0.4, 0.5) is 5.69 Å². The number of likely N-dealkylation sites (N-methyl/N-ethyl adjacent to an activating group) is 1. The molecular weight excluding hydrogens is 230 g/mol. The zero-order valence-electron chi connectivity index (χ0n) is 10.4. The lowest BCUT2D eigenvalue weighted by Crippen LogP contribution is -2.42. The fraction of sp³-hybridized carbons (Fsp3) is 0.462. The van der Waals surface area contributed by atoms with E-state index in [0.29, 0.717) is 23.6 Å². The van der Waals surface area contributed by atoms with Crippen molar-refractivity contribution in [2.75, 3.05) is 39.1 Å². The molecule has 1 heterocycles. The smallest absolute Gasteiger partial charge is 0.137 e. The van der Waals surface area contributed by atoms with Crippen LogP contribution in [-0.4, -0.2) is 44.4 Å². The number of anilines is 1. The Hall–Kier alpha value is -1.77. The van der Waals surface area contributed by atoms with Gasteiger partial charge in [-0.2, -0.15) is 5.26 Å². The highest BCUT2D eigenvalue weighted by Gasteiger charge is 2.18. The van der Waals surface area contributed by atoms with Crippen LogP contribution in [0.2, 0.25) is 0 Å². The van der Waals surface area contributed by atoms with Crippen molar-refractivity contribution in [1.29, 1.82) is 5.26 Å². The zero-order valence-corrected chi connectivity index (χ0v) is 10.4. The number of benzene rings is 1. The van der Waals surface area contributed by atoms with Crippen LogP contribution < -0.4 is 10.5 Å². The van der Waals surface area contributed by atoms with Gasteiger partial charge in [0.1, 0.15) is 24.5 Å². The van der Waals surface area contributed by atoms with E-state index in [0.717, 1.165) is 19.7 Å². The summed E-state index contributed by atoms with van der Waals surface area (Å²) < 4.78 is 11.2. The quantitative estimate of drug-likeness (QED) is 0.802. The Morgan fingerprint density at radius 2 is 2.44 bits per heavy atom. The van der Waals surface area contributed by atoms with Gasteiger partial charge < -0.3 is 20.1 Å². The third-order valence-electron chi connectivity index (χ3n) is 2.89. The first-order chi connectivity index (χ1) is 8.69. The van der Waals surface area contributed by atoms with Gasteiger partial charge in [-0.05, 0) is 25.2 Å². The highest BCUT2D eigenvalue weighted by molar-refractivity contribution is 5.53. The molecule has 1 unspecified atom stereocenters. The lowest BCUT2D eigenvalue weighted by molar-refractivity contribution is -0.0403. The summed E-state index contributed by atoms with van der Waals surface area (Å²) in [6.07, 6.45) is 0.0489. The predicted octanol–water partition coefficient (Wildman–Crippen LogP) is 0.850. The van der Waals surface area contributed by atoms with E-state index in [1.54, 1.807) is 18.2 Å². The largest absolute Gasteiger partial charge is 0.489 e. The summed E-state index contributed by atoms with van der Waals surface area (Å²) in [5, 5.41) is 9.00. The minimum absolute atomic E-state index is 0.0489. The number of hydrogen-bond acceptors (Lipinski definition) is 5. The van der Waals surface area contributed by atoms with Gasteiger partial charge in [0.15, 0.2) is 0 Å². The number of nitrogens with two attached hydrogens (primary N) is 1. The van der Waals surface area contributed by atoms with E-state index in [9.17, 15) is 0 Å². The van der Waals surface area contributed by atoms with Gasteiger partial charge in [-0.25, -0.2) is 0 Å². The van der Waals surface area contributed by atoms with Crippen molar-refractivity contribution in [3.63, 3.8) is 0 Å². The summed E-state index contributed by atoms with van der Waals surface area (Å²) in [6, 6.07) is 7.14. The van der Waals surface area contributed by atoms with Gasteiger partial charge in [-0.15, -0.1) is 0 Å². The number of ether oxygens (including phenoxy) is 2. The van der Waals surface area contributed by atoms with E-state index >= 15 is 0 Å². The highest BCUT2D eigenvalue weighted by Crippen LogP contribution is 2.21. The van der Waals surface area contributed by atoms with E-state index in [2.05, 4.69) is 18.0 Å².